The van der Waals surface area contributed by atoms with E-state index in [2.05, 4.69) is 10.4 Å². The number of amides is 1. The second kappa shape index (κ2) is 7.23. The van der Waals surface area contributed by atoms with E-state index in [9.17, 15) is 23.2 Å². The number of anilines is 1. The van der Waals surface area contributed by atoms with Crippen LogP contribution in [0.1, 0.15) is 31.9 Å². The van der Waals surface area contributed by atoms with Crippen molar-refractivity contribution in [1.82, 2.24) is 9.78 Å². The minimum Gasteiger partial charge on any atom is -0.309 e. The third-order valence-electron chi connectivity index (χ3n) is 3.42. The van der Waals surface area contributed by atoms with Crippen molar-refractivity contribution in [2.45, 2.75) is 26.9 Å². The molecule has 0 bridgehead atoms. The van der Waals surface area contributed by atoms with Gasteiger partial charge < -0.3 is 5.32 Å². The summed E-state index contributed by atoms with van der Waals surface area (Å²) in [5, 5.41) is 14.7. The molecule has 1 N–H and O–H groups in total. The molecule has 1 amide bonds. The van der Waals surface area contributed by atoms with Crippen molar-refractivity contribution in [2.75, 3.05) is 5.32 Å². The third-order valence-corrected chi connectivity index (χ3v) is 4.26. The lowest BCUT2D eigenvalue weighted by Gasteiger charge is -2.19. The number of nitrogens with zero attached hydrogens (tertiary/aromatic N) is 3. The van der Waals surface area contributed by atoms with E-state index in [0.717, 1.165) is 4.68 Å². The molecule has 5 nitrogen and oxygen atoms in total. The standard InChI is InChI=1S/C16H12Cl3F3N4O/c1-15(2,3)14(27)24-13-8(6-23)12(19)25-26(13)11-9(17)4-7(5-10(11)18)16(20,21)22/h4-5H,1-3H3,(H,24,27). The molecule has 0 saturated heterocycles. The summed E-state index contributed by atoms with van der Waals surface area (Å²) in [4.78, 5) is 12.3. The number of hydrogen-bond acceptors (Lipinski definition) is 3. The number of carbonyl (C=O) groups excluding carboxylic acids is 1. The molecular weight excluding hydrogens is 428 g/mol. The summed E-state index contributed by atoms with van der Waals surface area (Å²) >= 11 is 17.9. The number of nitriles is 1. The molecule has 0 saturated carbocycles. The van der Waals surface area contributed by atoms with E-state index >= 15 is 0 Å². The smallest absolute Gasteiger partial charge is 0.309 e. The fourth-order valence-corrected chi connectivity index (χ4v) is 2.85. The van der Waals surface area contributed by atoms with Gasteiger partial charge >= 0.3 is 6.18 Å². The Hall–Kier alpha value is -1.95. The molecule has 0 radical (unpaired) electrons. The van der Waals surface area contributed by atoms with Gasteiger partial charge in [-0.25, -0.2) is 4.68 Å². The molecule has 0 spiro atoms. The van der Waals surface area contributed by atoms with Crippen LogP contribution in [0.3, 0.4) is 0 Å². The van der Waals surface area contributed by atoms with Crippen LogP contribution in [0, 0.1) is 16.7 Å². The van der Waals surface area contributed by atoms with Crippen molar-refractivity contribution < 1.29 is 18.0 Å². The molecule has 1 aromatic heterocycles. The molecule has 0 unspecified atom stereocenters. The van der Waals surface area contributed by atoms with Gasteiger partial charge in [-0.2, -0.15) is 23.5 Å². The Balaban J connectivity index is 2.70. The van der Waals surface area contributed by atoms with E-state index in [-0.39, 0.29) is 32.3 Å². The fraction of sp³-hybridized carbons (Fsp3) is 0.312. The molecule has 0 aliphatic heterocycles. The Bertz CT molecular complexity index is 933. The first-order valence-corrected chi connectivity index (χ1v) is 8.47. The number of rotatable bonds is 2. The van der Waals surface area contributed by atoms with Gasteiger partial charge in [0.2, 0.25) is 5.91 Å². The zero-order valence-electron chi connectivity index (χ0n) is 14.2. The Labute approximate surface area is 167 Å². The van der Waals surface area contributed by atoms with E-state index < -0.39 is 23.1 Å². The average Bonchev–Trinajstić information content (AvgIpc) is 2.80. The molecule has 27 heavy (non-hydrogen) atoms. The molecule has 0 aliphatic rings. The van der Waals surface area contributed by atoms with Crippen LogP contribution in [0.5, 0.6) is 0 Å². The van der Waals surface area contributed by atoms with Crippen molar-refractivity contribution in [2.24, 2.45) is 5.41 Å². The van der Waals surface area contributed by atoms with E-state index in [1.165, 1.54) is 0 Å². The largest absolute Gasteiger partial charge is 0.416 e. The molecule has 2 aromatic rings. The van der Waals surface area contributed by atoms with Crippen LogP contribution < -0.4 is 5.32 Å². The van der Waals surface area contributed by atoms with Crippen LogP contribution in [-0.2, 0) is 11.0 Å². The number of halogens is 6. The monoisotopic (exact) mass is 438 g/mol. The summed E-state index contributed by atoms with van der Waals surface area (Å²) in [6.07, 6.45) is -4.66. The SMILES string of the molecule is CC(C)(C)C(=O)Nc1c(C#N)c(Cl)nn1-c1c(Cl)cc(C(F)(F)F)cc1Cl. The van der Waals surface area contributed by atoms with Crippen molar-refractivity contribution in [3.8, 4) is 11.8 Å². The zero-order chi connectivity index (χ0) is 20.7. The number of hydrogen-bond donors (Lipinski definition) is 1. The molecule has 1 heterocycles. The van der Waals surface area contributed by atoms with Crippen molar-refractivity contribution in [3.05, 3.63) is 38.5 Å². The van der Waals surface area contributed by atoms with Crippen molar-refractivity contribution in [1.29, 1.82) is 5.26 Å². The second-order valence-electron chi connectivity index (χ2n) is 6.53. The van der Waals surface area contributed by atoms with Gasteiger partial charge in [0, 0.05) is 5.41 Å². The summed E-state index contributed by atoms with van der Waals surface area (Å²) in [6, 6.07) is 3.12. The summed E-state index contributed by atoms with van der Waals surface area (Å²) in [5.41, 5.74) is -2.22. The highest BCUT2D eigenvalue weighted by molar-refractivity contribution is 6.38. The highest BCUT2D eigenvalue weighted by Gasteiger charge is 2.33. The topological polar surface area (TPSA) is 70.7 Å². The lowest BCUT2D eigenvalue weighted by Crippen LogP contribution is -2.29. The van der Waals surface area contributed by atoms with Gasteiger partial charge in [0.1, 0.15) is 17.3 Å². The third kappa shape index (κ3) is 4.32. The molecule has 144 valence electrons. The maximum Gasteiger partial charge on any atom is 0.416 e. The first-order valence-electron chi connectivity index (χ1n) is 7.34. The average molecular weight is 440 g/mol. The lowest BCUT2D eigenvalue weighted by molar-refractivity contribution is -0.137. The highest BCUT2D eigenvalue weighted by atomic mass is 35.5. The number of alkyl halides is 3. The second-order valence-corrected chi connectivity index (χ2v) is 7.70. The molecule has 1 aromatic carbocycles. The van der Waals surface area contributed by atoms with Gasteiger partial charge in [-0.15, -0.1) is 0 Å². The van der Waals surface area contributed by atoms with Gasteiger partial charge in [0.25, 0.3) is 0 Å². The Kier molecular flexibility index (Phi) is 5.71. The molecular formula is C16H12Cl3F3N4O. The van der Waals surface area contributed by atoms with Crippen molar-refractivity contribution >= 4 is 46.5 Å². The minimum atomic E-state index is -4.66. The van der Waals surface area contributed by atoms with E-state index in [4.69, 9.17) is 34.8 Å². The maximum atomic E-state index is 12.9. The summed E-state index contributed by atoms with van der Waals surface area (Å²) in [7, 11) is 0. The predicted octanol–water partition coefficient (Wildman–Crippen LogP) is 5.71. The number of aromatic nitrogens is 2. The van der Waals surface area contributed by atoms with Crippen LogP contribution >= 0.6 is 34.8 Å². The van der Waals surface area contributed by atoms with Gasteiger partial charge in [-0.3, -0.25) is 4.79 Å². The fourth-order valence-electron chi connectivity index (χ4n) is 1.99. The van der Waals surface area contributed by atoms with Crippen LogP contribution in [0.25, 0.3) is 5.69 Å². The van der Waals surface area contributed by atoms with E-state index in [1.807, 2.05) is 0 Å². The predicted molar refractivity (Wildman–Crippen MR) is 96.4 cm³/mol. The van der Waals surface area contributed by atoms with E-state index in [1.54, 1.807) is 26.8 Å². The van der Waals surface area contributed by atoms with Crippen LogP contribution in [0.15, 0.2) is 12.1 Å². The molecule has 0 atom stereocenters. The number of nitrogens with one attached hydrogen (secondary N) is 1. The quantitative estimate of drug-likeness (QED) is 0.652. The first-order chi connectivity index (χ1) is 12.3. The summed E-state index contributed by atoms with van der Waals surface area (Å²) < 4.78 is 39.7. The Morgan fingerprint density at radius 3 is 2.11 bits per heavy atom. The highest BCUT2D eigenvalue weighted by Crippen LogP contribution is 2.39. The Morgan fingerprint density at radius 1 is 1.19 bits per heavy atom. The first kappa shape index (κ1) is 21.4. The Morgan fingerprint density at radius 2 is 1.70 bits per heavy atom. The molecule has 11 heteroatoms. The zero-order valence-corrected chi connectivity index (χ0v) is 16.4. The molecule has 0 fully saturated rings. The maximum absolute atomic E-state index is 12.9. The van der Waals surface area contributed by atoms with Crippen LogP contribution in [0.2, 0.25) is 15.2 Å². The van der Waals surface area contributed by atoms with E-state index in [0.29, 0.717) is 12.1 Å². The molecule has 0 aliphatic carbocycles. The molecule has 2 rings (SSSR count). The van der Waals surface area contributed by atoms with Gasteiger partial charge in [-0.1, -0.05) is 55.6 Å². The van der Waals surface area contributed by atoms with Crippen LogP contribution in [0.4, 0.5) is 19.0 Å². The lowest BCUT2D eigenvalue weighted by atomic mass is 9.96. The van der Waals surface area contributed by atoms with Gasteiger partial charge in [-0.05, 0) is 12.1 Å². The summed E-state index contributed by atoms with van der Waals surface area (Å²) in [6.45, 7) is 4.90. The summed E-state index contributed by atoms with van der Waals surface area (Å²) in [5.74, 6) is -0.623. The van der Waals surface area contributed by atoms with Gasteiger partial charge in [0.05, 0.1) is 15.6 Å². The normalized spacial score (nSPS) is 12.0. The number of benzene rings is 1. The van der Waals surface area contributed by atoms with Crippen molar-refractivity contribution in [3.63, 3.8) is 0 Å². The van der Waals surface area contributed by atoms with Crippen LogP contribution in [-0.4, -0.2) is 15.7 Å². The minimum absolute atomic E-state index is 0.147. The number of carbonyl (C=O) groups is 1. The van der Waals surface area contributed by atoms with Gasteiger partial charge in [0.15, 0.2) is 11.0 Å².